The molecule has 1 amide bonds. The summed E-state index contributed by atoms with van der Waals surface area (Å²) in [5.41, 5.74) is 0.444. The zero-order chi connectivity index (χ0) is 10.7. The van der Waals surface area contributed by atoms with Gasteiger partial charge in [-0.15, -0.1) is 0 Å². The van der Waals surface area contributed by atoms with Gasteiger partial charge in [0.2, 0.25) is 5.78 Å². The second-order valence-electron chi connectivity index (χ2n) is 2.64. The van der Waals surface area contributed by atoms with Crippen molar-refractivity contribution < 1.29 is 9.59 Å². The van der Waals surface area contributed by atoms with Gasteiger partial charge < -0.3 is 5.32 Å². The third-order valence-electron chi connectivity index (χ3n) is 1.50. The van der Waals surface area contributed by atoms with Gasteiger partial charge in [-0.1, -0.05) is 23.2 Å². The minimum Gasteiger partial charge on any atom is -0.319 e. The molecule has 0 heterocycles. The zero-order valence-corrected chi connectivity index (χ0v) is 8.82. The van der Waals surface area contributed by atoms with Crippen LogP contribution in [0.5, 0.6) is 0 Å². The van der Waals surface area contributed by atoms with Crippen molar-refractivity contribution in [1.82, 2.24) is 0 Å². The lowest BCUT2D eigenvalue weighted by Gasteiger charge is -2.03. The Kier molecular flexibility index (Phi) is 3.49. The zero-order valence-electron chi connectivity index (χ0n) is 7.30. The minimum atomic E-state index is -0.677. The lowest BCUT2D eigenvalue weighted by molar-refractivity contribution is -0.133. The predicted octanol–water partition coefficient (Wildman–Crippen LogP) is 2.52. The van der Waals surface area contributed by atoms with E-state index in [2.05, 4.69) is 5.32 Å². The van der Waals surface area contributed by atoms with Gasteiger partial charge in [0, 0.05) is 12.6 Å². The highest BCUT2D eigenvalue weighted by atomic mass is 35.5. The summed E-state index contributed by atoms with van der Waals surface area (Å²) in [7, 11) is 0. The Morgan fingerprint density at radius 2 is 1.86 bits per heavy atom. The van der Waals surface area contributed by atoms with Gasteiger partial charge in [-0.2, -0.15) is 0 Å². The number of nitrogens with one attached hydrogen (secondary N) is 1. The van der Waals surface area contributed by atoms with Crippen LogP contribution in [0.2, 0.25) is 10.0 Å². The number of halogens is 2. The molecule has 0 atom stereocenters. The van der Waals surface area contributed by atoms with Crippen molar-refractivity contribution in [2.45, 2.75) is 6.92 Å². The monoisotopic (exact) mass is 231 g/mol. The molecule has 0 saturated carbocycles. The molecule has 14 heavy (non-hydrogen) atoms. The van der Waals surface area contributed by atoms with Crippen LogP contribution in [0.1, 0.15) is 6.92 Å². The molecule has 1 aromatic carbocycles. The van der Waals surface area contributed by atoms with Gasteiger partial charge in [0.1, 0.15) is 0 Å². The Balaban J connectivity index is 2.83. The van der Waals surface area contributed by atoms with Crippen molar-refractivity contribution in [2.75, 3.05) is 5.32 Å². The number of carbonyl (C=O) groups excluding carboxylic acids is 2. The van der Waals surface area contributed by atoms with Crippen LogP contribution in [0.4, 0.5) is 5.69 Å². The van der Waals surface area contributed by atoms with E-state index in [-0.39, 0.29) is 0 Å². The molecule has 0 aliphatic rings. The first kappa shape index (κ1) is 11.0. The number of anilines is 1. The number of benzene rings is 1. The second-order valence-corrected chi connectivity index (χ2v) is 3.45. The van der Waals surface area contributed by atoms with E-state index in [9.17, 15) is 9.59 Å². The Labute approximate surface area is 91.0 Å². The van der Waals surface area contributed by atoms with Gasteiger partial charge in [0.05, 0.1) is 10.0 Å². The molecule has 0 fully saturated rings. The Bertz CT molecular complexity index is 390. The van der Waals surface area contributed by atoms with Crippen LogP contribution in [0.15, 0.2) is 18.2 Å². The molecule has 0 aliphatic carbocycles. The molecule has 5 heteroatoms. The van der Waals surface area contributed by atoms with E-state index in [4.69, 9.17) is 23.2 Å². The van der Waals surface area contributed by atoms with Gasteiger partial charge in [0.25, 0.3) is 5.91 Å². The topological polar surface area (TPSA) is 46.2 Å². The van der Waals surface area contributed by atoms with Gasteiger partial charge >= 0.3 is 0 Å². The van der Waals surface area contributed by atoms with Crippen molar-refractivity contribution in [1.29, 1.82) is 0 Å². The summed E-state index contributed by atoms with van der Waals surface area (Å²) < 4.78 is 0. The van der Waals surface area contributed by atoms with Gasteiger partial charge in [-0.05, 0) is 18.2 Å². The highest BCUT2D eigenvalue weighted by Gasteiger charge is 2.08. The number of amides is 1. The minimum absolute atomic E-state index is 0.327. The van der Waals surface area contributed by atoms with E-state index in [0.29, 0.717) is 15.7 Å². The number of hydrogen-bond acceptors (Lipinski definition) is 2. The second kappa shape index (κ2) is 4.44. The average Bonchev–Trinajstić information content (AvgIpc) is 2.11. The van der Waals surface area contributed by atoms with E-state index in [1.54, 1.807) is 12.1 Å². The van der Waals surface area contributed by atoms with Gasteiger partial charge in [-0.3, -0.25) is 9.59 Å². The van der Waals surface area contributed by atoms with Gasteiger partial charge in [-0.25, -0.2) is 0 Å². The van der Waals surface area contributed by atoms with E-state index in [1.807, 2.05) is 0 Å². The molecule has 0 bridgehead atoms. The van der Waals surface area contributed by atoms with E-state index in [0.717, 1.165) is 0 Å². The molecule has 0 aliphatic heterocycles. The fourth-order valence-corrected chi connectivity index (χ4v) is 1.09. The molecule has 0 radical (unpaired) electrons. The summed E-state index contributed by atoms with van der Waals surface area (Å²) in [4.78, 5) is 21.6. The summed E-state index contributed by atoms with van der Waals surface area (Å²) in [6.45, 7) is 1.19. The van der Waals surface area contributed by atoms with Crippen LogP contribution in [0.3, 0.4) is 0 Å². The Morgan fingerprint density at radius 1 is 1.21 bits per heavy atom. The first-order valence-electron chi connectivity index (χ1n) is 3.77. The largest absolute Gasteiger partial charge is 0.319 e. The number of rotatable bonds is 2. The lowest BCUT2D eigenvalue weighted by Crippen LogP contribution is -2.19. The first-order chi connectivity index (χ1) is 6.50. The van der Waals surface area contributed by atoms with Crippen LogP contribution in [-0.4, -0.2) is 11.7 Å². The molecular formula is C9H7Cl2NO2. The maximum Gasteiger partial charge on any atom is 0.291 e. The quantitative estimate of drug-likeness (QED) is 0.796. The van der Waals surface area contributed by atoms with Crippen LogP contribution in [-0.2, 0) is 9.59 Å². The molecular weight excluding hydrogens is 225 g/mol. The van der Waals surface area contributed by atoms with Crippen molar-refractivity contribution in [2.24, 2.45) is 0 Å². The van der Waals surface area contributed by atoms with Crippen molar-refractivity contribution in [3.8, 4) is 0 Å². The SMILES string of the molecule is CC(=O)C(=O)Nc1ccc(Cl)c(Cl)c1. The fraction of sp³-hybridized carbons (Fsp3) is 0.111. The van der Waals surface area contributed by atoms with Crippen LogP contribution in [0, 0.1) is 0 Å². The summed E-state index contributed by atoms with van der Waals surface area (Å²) in [6.07, 6.45) is 0. The third-order valence-corrected chi connectivity index (χ3v) is 2.24. The molecule has 74 valence electrons. The molecule has 0 aromatic heterocycles. The van der Waals surface area contributed by atoms with E-state index in [1.165, 1.54) is 13.0 Å². The fourth-order valence-electron chi connectivity index (χ4n) is 0.793. The summed E-state index contributed by atoms with van der Waals surface area (Å²) in [6, 6.07) is 4.58. The number of ketones is 1. The van der Waals surface area contributed by atoms with E-state index >= 15 is 0 Å². The number of Topliss-reactive ketones (excluding diaryl/α,β-unsaturated/α-hetero) is 1. The average molecular weight is 232 g/mol. The predicted molar refractivity (Wildman–Crippen MR) is 55.8 cm³/mol. The lowest BCUT2D eigenvalue weighted by atomic mass is 10.3. The molecule has 0 saturated heterocycles. The van der Waals surface area contributed by atoms with Gasteiger partial charge in [0.15, 0.2) is 0 Å². The maximum atomic E-state index is 11.0. The van der Waals surface area contributed by atoms with Crippen LogP contribution >= 0.6 is 23.2 Å². The van der Waals surface area contributed by atoms with Crippen molar-refractivity contribution in [3.63, 3.8) is 0 Å². The molecule has 0 spiro atoms. The van der Waals surface area contributed by atoms with Crippen molar-refractivity contribution in [3.05, 3.63) is 28.2 Å². The summed E-state index contributed by atoms with van der Waals surface area (Å²) in [5.74, 6) is -1.24. The third kappa shape index (κ3) is 2.72. The van der Waals surface area contributed by atoms with Crippen LogP contribution in [0.25, 0.3) is 0 Å². The highest BCUT2D eigenvalue weighted by Crippen LogP contribution is 2.24. The maximum absolute atomic E-state index is 11.0. The standard InChI is InChI=1S/C9H7Cl2NO2/c1-5(13)9(14)12-6-2-3-7(10)8(11)4-6/h2-4H,1H3,(H,12,14). The highest BCUT2D eigenvalue weighted by molar-refractivity contribution is 6.42. The number of carbonyl (C=O) groups is 2. The summed E-state index contributed by atoms with van der Waals surface area (Å²) in [5, 5.41) is 3.10. The number of hydrogen-bond donors (Lipinski definition) is 1. The Hall–Kier alpha value is -1.06. The smallest absolute Gasteiger partial charge is 0.291 e. The van der Waals surface area contributed by atoms with E-state index < -0.39 is 11.7 Å². The first-order valence-corrected chi connectivity index (χ1v) is 4.53. The molecule has 1 rings (SSSR count). The summed E-state index contributed by atoms with van der Waals surface area (Å²) >= 11 is 11.4. The normalized spacial score (nSPS) is 9.64. The Morgan fingerprint density at radius 3 is 2.36 bits per heavy atom. The molecule has 0 unspecified atom stereocenters. The van der Waals surface area contributed by atoms with Crippen molar-refractivity contribution >= 4 is 40.6 Å². The molecule has 1 aromatic rings. The van der Waals surface area contributed by atoms with Crippen LogP contribution < -0.4 is 5.32 Å². The molecule has 3 nitrogen and oxygen atoms in total. The molecule has 1 N–H and O–H groups in total.